The zero-order chi connectivity index (χ0) is 24.4. The highest BCUT2D eigenvalue weighted by Crippen LogP contribution is 2.42. The molecule has 9 heteroatoms. The summed E-state index contributed by atoms with van der Waals surface area (Å²) >= 11 is 8.06. The Balaban J connectivity index is 1.46. The van der Waals surface area contributed by atoms with Crippen molar-refractivity contribution in [3.63, 3.8) is 0 Å². The lowest BCUT2D eigenvalue weighted by Gasteiger charge is -2.11. The third-order valence-electron chi connectivity index (χ3n) is 6.72. The molecule has 5 heterocycles. The molecule has 1 aliphatic heterocycles. The molecule has 0 amide bonds. The van der Waals surface area contributed by atoms with Crippen LogP contribution in [0.25, 0.3) is 48.4 Å². The lowest BCUT2D eigenvalue weighted by Crippen LogP contribution is -2.33. The normalized spacial score (nSPS) is 13.0. The van der Waals surface area contributed by atoms with Gasteiger partial charge in [0, 0.05) is 51.0 Å². The predicted octanol–water partition coefficient (Wildman–Crippen LogP) is 5.42. The molecule has 2 aromatic carbocycles. The molecular formula is C27H18ClN5O2S. The summed E-state index contributed by atoms with van der Waals surface area (Å²) in [4.78, 5) is 39.4. The van der Waals surface area contributed by atoms with Gasteiger partial charge in [0.2, 0.25) is 0 Å². The highest BCUT2D eigenvalue weighted by molar-refractivity contribution is 7.22. The minimum absolute atomic E-state index is 0.387. The van der Waals surface area contributed by atoms with Crippen molar-refractivity contribution in [1.82, 2.24) is 24.1 Å². The number of aromatic amines is 1. The average molecular weight is 512 g/mol. The van der Waals surface area contributed by atoms with Gasteiger partial charge in [-0.25, -0.2) is 14.3 Å². The Hall–Kier alpha value is -4.01. The van der Waals surface area contributed by atoms with Crippen molar-refractivity contribution in [3.8, 4) is 27.4 Å². The van der Waals surface area contributed by atoms with Crippen LogP contribution >= 0.6 is 22.9 Å². The third kappa shape index (κ3) is 3.11. The van der Waals surface area contributed by atoms with Crippen LogP contribution in [-0.4, -0.2) is 24.1 Å². The highest BCUT2D eigenvalue weighted by Gasteiger charge is 2.22. The Bertz CT molecular complexity index is 1940. The zero-order valence-corrected chi connectivity index (χ0v) is 20.4. The van der Waals surface area contributed by atoms with E-state index in [1.807, 2.05) is 54.7 Å². The fourth-order valence-corrected chi connectivity index (χ4v) is 6.54. The summed E-state index contributed by atoms with van der Waals surface area (Å²) in [6.07, 6.45) is 7.18. The van der Waals surface area contributed by atoms with E-state index in [0.717, 1.165) is 62.2 Å². The minimum atomic E-state index is -0.511. The summed E-state index contributed by atoms with van der Waals surface area (Å²) in [5, 5.41) is 2.20. The number of nitrogens with zero attached hydrogens (tertiary/aromatic N) is 4. The van der Waals surface area contributed by atoms with Gasteiger partial charge in [0.05, 0.1) is 29.3 Å². The summed E-state index contributed by atoms with van der Waals surface area (Å²) in [6, 6.07) is 15.2. The molecule has 1 aliphatic rings. The standard InChI is InChI=1S/C27H18ClN5O2S/c28-18-8-3-7-17(20-14-30-23-9-4-10-32(20)23)24(18)22-11-19-25(36-22)26(34)33(27(35)31-19)21-13-29-12-15-5-1-2-6-16(15)21/h1-3,5-8,11-14H,4,9-10H2,(H,31,35). The Kier molecular flexibility index (Phi) is 4.74. The molecule has 6 aromatic rings. The lowest BCUT2D eigenvalue weighted by molar-refractivity contribution is 0.756. The number of aryl methyl sites for hydroxylation is 1. The van der Waals surface area contributed by atoms with Crippen LogP contribution in [0.1, 0.15) is 12.2 Å². The molecule has 0 aliphatic carbocycles. The summed E-state index contributed by atoms with van der Waals surface area (Å²) in [7, 11) is 0. The Morgan fingerprint density at radius 1 is 1.03 bits per heavy atom. The molecular weight excluding hydrogens is 494 g/mol. The Morgan fingerprint density at radius 3 is 2.83 bits per heavy atom. The van der Waals surface area contributed by atoms with Gasteiger partial charge in [-0.3, -0.25) is 9.78 Å². The number of fused-ring (bicyclic) bond motifs is 3. The highest BCUT2D eigenvalue weighted by atomic mass is 35.5. The molecule has 7 rings (SSSR count). The van der Waals surface area contributed by atoms with Gasteiger partial charge in [-0.2, -0.15) is 0 Å². The monoisotopic (exact) mass is 511 g/mol. The lowest BCUT2D eigenvalue weighted by atomic mass is 10.0. The van der Waals surface area contributed by atoms with Crippen molar-refractivity contribution in [2.75, 3.05) is 0 Å². The number of nitrogens with one attached hydrogen (secondary N) is 1. The van der Waals surface area contributed by atoms with Crippen LogP contribution in [0.2, 0.25) is 5.02 Å². The predicted molar refractivity (Wildman–Crippen MR) is 143 cm³/mol. The maximum Gasteiger partial charge on any atom is 0.333 e. The number of pyridine rings is 1. The van der Waals surface area contributed by atoms with Gasteiger partial charge in [-0.05, 0) is 18.6 Å². The number of benzene rings is 2. The largest absolute Gasteiger partial charge is 0.333 e. The van der Waals surface area contributed by atoms with Crippen LogP contribution in [0.3, 0.4) is 0 Å². The van der Waals surface area contributed by atoms with Crippen LogP contribution < -0.4 is 11.2 Å². The van der Waals surface area contributed by atoms with E-state index in [2.05, 4.69) is 19.5 Å². The number of halogens is 1. The smallest absolute Gasteiger partial charge is 0.328 e. The maximum atomic E-state index is 13.7. The van der Waals surface area contributed by atoms with Crippen LogP contribution in [0.5, 0.6) is 0 Å². The first-order chi connectivity index (χ1) is 17.6. The van der Waals surface area contributed by atoms with Gasteiger partial charge >= 0.3 is 5.69 Å². The van der Waals surface area contributed by atoms with E-state index in [-0.39, 0.29) is 5.56 Å². The van der Waals surface area contributed by atoms with E-state index >= 15 is 0 Å². The van der Waals surface area contributed by atoms with Crippen molar-refractivity contribution in [2.24, 2.45) is 0 Å². The fraction of sp³-hybridized carbons (Fsp3) is 0.111. The zero-order valence-electron chi connectivity index (χ0n) is 18.9. The van der Waals surface area contributed by atoms with Crippen LogP contribution in [0.15, 0.2) is 76.7 Å². The number of hydrogen-bond acceptors (Lipinski definition) is 5. The van der Waals surface area contributed by atoms with E-state index in [1.165, 1.54) is 11.3 Å². The number of imidazole rings is 1. The number of thiophene rings is 1. The molecule has 176 valence electrons. The second-order valence-corrected chi connectivity index (χ2v) is 10.2. The van der Waals surface area contributed by atoms with Gasteiger partial charge in [-0.15, -0.1) is 11.3 Å². The first kappa shape index (κ1) is 21.3. The van der Waals surface area contributed by atoms with E-state index in [9.17, 15) is 9.59 Å². The van der Waals surface area contributed by atoms with Crippen molar-refractivity contribution in [1.29, 1.82) is 0 Å². The molecule has 4 aromatic heterocycles. The van der Waals surface area contributed by atoms with Gasteiger partial charge in [0.1, 0.15) is 10.5 Å². The minimum Gasteiger partial charge on any atom is -0.328 e. The van der Waals surface area contributed by atoms with Crippen molar-refractivity contribution < 1.29 is 0 Å². The van der Waals surface area contributed by atoms with Gasteiger partial charge in [0.25, 0.3) is 5.56 Å². The molecule has 7 nitrogen and oxygen atoms in total. The summed E-state index contributed by atoms with van der Waals surface area (Å²) < 4.78 is 3.84. The molecule has 0 atom stereocenters. The van der Waals surface area contributed by atoms with Crippen LogP contribution in [0.4, 0.5) is 0 Å². The second kappa shape index (κ2) is 8.01. The molecule has 0 fully saturated rings. The molecule has 1 N–H and O–H groups in total. The molecule has 0 saturated heterocycles. The first-order valence-corrected chi connectivity index (χ1v) is 12.8. The Labute approximate surface area is 213 Å². The molecule has 0 spiro atoms. The summed E-state index contributed by atoms with van der Waals surface area (Å²) in [5.74, 6) is 1.07. The first-order valence-electron chi connectivity index (χ1n) is 11.6. The summed E-state index contributed by atoms with van der Waals surface area (Å²) in [5.41, 5.74) is 2.82. The SMILES string of the molecule is O=c1[nH]c2cc(-c3c(Cl)cccc3-c3cnc4n3CCC4)sc2c(=O)n1-c1cncc2ccccc12. The third-order valence-corrected chi connectivity index (χ3v) is 8.17. The molecule has 0 bridgehead atoms. The van der Waals surface area contributed by atoms with E-state index < -0.39 is 5.69 Å². The molecule has 0 saturated carbocycles. The van der Waals surface area contributed by atoms with Crippen LogP contribution in [-0.2, 0) is 13.0 Å². The fourth-order valence-electron chi connectivity index (χ4n) is 5.09. The quantitative estimate of drug-likeness (QED) is 0.344. The number of H-pyrrole nitrogens is 1. The molecule has 36 heavy (non-hydrogen) atoms. The van der Waals surface area contributed by atoms with Gasteiger partial charge < -0.3 is 9.55 Å². The number of aromatic nitrogens is 5. The van der Waals surface area contributed by atoms with E-state index in [0.29, 0.717) is 20.9 Å². The number of hydrogen-bond donors (Lipinski definition) is 1. The van der Waals surface area contributed by atoms with E-state index in [1.54, 1.807) is 12.4 Å². The van der Waals surface area contributed by atoms with E-state index in [4.69, 9.17) is 11.6 Å². The molecule has 0 radical (unpaired) electrons. The van der Waals surface area contributed by atoms with Gasteiger partial charge in [0.15, 0.2) is 0 Å². The topological polar surface area (TPSA) is 85.6 Å². The average Bonchev–Trinajstić information content (AvgIpc) is 3.60. The van der Waals surface area contributed by atoms with Crippen LogP contribution in [0, 0.1) is 0 Å². The van der Waals surface area contributed by atoms with Crippen molar-refractivity contribution in [3.05, 3.63) is 98.8 Å². The maximum absolute atomic E-state index is 13.7. The van der Waals surface area contributed by atoms with Crippen molar-refractivity contribution >= 4 is 43.9 Å². The van der Waals surface area contributed by atoms with Crippen molar-refractivity contribution in [2.45, 2.75) is 19.4 Å². The molecule has 0 unspecified atom stereocenters. The second-order valence-electron chi connectivity index (χ2n) is 8.78. The van der Waals surface area contributed by atoms with Gasteiger partial charge in [-0.1, -0.05) is 48.0 Å². The summed E-state index contributed by atoms with van der Waals surface area (Å²) in [6.45, 7) is 0.917. The Morgan fingerprint density at radius 2 is 1.92 bits per heavy atom. The number of rotatable bonds is 3.